The number of benzene rings is 3. The molecule has 0 saturated carbocycles. The summed E-state index contributed by atoms with van der Waals surface area (Å²) in [5.41, 5.74) is 4.01. The first-order chi connectivity index (χ1) is 15.8. The fourth-order valence-electron chi connectivity index (χ4n) is 3.90. The average Bonchev–Trinajstić information content (AvgIpc) is 3.03. The van der Waals surface area contributed by atoms with Crippen LogP contribution in [0.1, 0.15) is 43.1 Å². The van der Waals surface area contributed by atoms with E-state index >= 15 is 0 Å². The molecule has 6 nitrogen and oxygen atoms in total. The summed E-state index contributed by atoms with van der Waals surface area (Å²) in [6, 6.07) is 21.5. The minimum Gasteiger partial charge on any atom is -0.316 e. The number of hydrogen-bond donors (Lipinski definition) is 1. The Balaban J connectivity index is 1.73. The number of aryl methyl sites for hydroxylation is 2. The summed E-state index contributed by atoms with van der Waals surface area (Å²) >= 11 is 0. The highest BCUT2D eigenvalue weighted by atomic mass is 16.2. The molecule has 1 N–H and O–H groups in total. The van der Waals surface area contributed by atoms with Gasteiger partial charge in [0.2, 0.25) is 0 Å². The van der Waals surface area contributed by atoms with Crippen LogP contribution in [0.25, 0.3) is 5.69 Å². The Morgan fingerprint density at radius 3 is 2.12 bits per heavy atom. The molecule has 1 aromatic heterocycles. The summed E-state index contributed by atoms with van der Waals surface area (Å²) in [5, 5.41) is 2.75. The van der Waals surface area contributed by atoms with Crippen LogP contribution >= 0.6 is 0 Å². The molecule has 0 fully saturated rings. The van der Waals surface area contributed by atoms with Crippen LogP contribution in [0.15, 0.2) is 77.6 Å². The lowest BCUT2D eigenvalue weighted by molar-refractivity contribution is 0.0996. The number of nitrogens with one attached hydrogen (secondary N) is 1. The van der Waals surface area contributed by atoms with Crippen molar-refractivity contribution >= 4 is 17.4 Å². The fraction of sp³-hybridized carbons (Fsp3) is 0.148. The lowest BCUT2D eigenvalue weighted by Crippen LogP contribution is -2.24. The van der Waals surface area contributed by atoms with E-state index in [1.54, 1.807) is 42.9 Å². The minimum atomic E-state index is -0.504. The van der Waals surface area contributed by atoms with Crippen molar-refractivity contribution in [1.29, 1.82) is 0 Å². The van der Waals surface area contributed by atoms with Gasteiger partial charge in [-0.15, -0.1) is 0 Å². The number of carbonyl (C=O) groups excluding carboxylic acids is 2. The molecule has 166 valence electrons. The number of ketones is 1. The van der Waals surface area contributed by atoms with Crippen molar-refractivity contribution in [1.82, 2.24) is 9.36 Å². The molecule has 3 aromatic carbocycles. The number of hydrogen-bond acceptors (Lipinski definition) is 3. The highest BCUT2D eigenvalue weighted by Gasteiger charge is 2.23. The first-order valence-electron chi connectivity index (χ1n) is 10.7. The van der Waals surface area contributed by atoms with E-state index in [9.17, 15) is 14.4 Å². The molecule has 4 aromatic rings. The smallest absolute Gasteiger partial charge is 0.295 e. The number of anilines is 1. The van der Waals surface area contributed by atoms with Crippen molar-refractivity contribution in [2.75, 3.05) is 5.32 Å². The van der Waals surface area contributed by atoms with E-state index in [-0.39, 0.29) is 22.6 Å². The third-order valence-corrected chi connectivity index (χ3v) is 5.85. The van der Waals surface area contributed by atoms with Gasteiger partial charge >= 0.3 is 0 Å². The van der Waals surface area contributed by atoms with Gasteiger partial charge in [0.25, 0.3) is 11.5 Å². The standard InChI is InChI=1S/C27H25N3O3/c1-17-14-15-18(2)23(16-17)25(31)21-12-8-9-13-22(21)26(32)28-24-19(3)29(4)30(27(24)33)20-10-6-5-7-11-20/h5-16H,1-4H3,(H,28,32). The third-order valence-electron chi connectivity index (χ3n) is 5.85. The predicted octanol–water partition coefficient (Wildman–Crippen LogP) is 4.58. The maximum atomic E-state index is 13.3. The summed E-state index contributed by atoms with van der Waals surface area (Å²) in [6.45, 7) is 5.56. The zero-order valence-corrected chi connectivity index (χ0v) is 19.0. The second-order valence-corrected chi connectivity index (χ2v) is 8.08. The molecule has 1 amide bonds. The number of carbonyl (C=O) groups is 2. The van der Waals surface area contributed by atoms with Crippen LogP contribution < -0.4 is 10.9 Å². The van der Waals surface area contributed by atoms with E-state index in [1.165, 1.54) is 4.68 Å². The van der Waals surface area contributed by atoms with Crippen molar-refractivity contribution in [3.8, 4) is 5.69 Å². The largest absolute Gasteiger partial charge is 0.316 e. The van der Waals surface area contributed by atoms with Crippen molar-refractivity contribution < 1.29 is 9.59 Å². The number of nitrogens with zero attached hydrogens (tertiary/aromatic N) is 2. The Morgan fingerprint density at radius 1 is 0.788 bits per heavy atom. The quantitative estimate of drug-likeness (QED) is 0.463. The molecule has 1 heterocycles. The van der Waals surface area contributed by atoms with Gasteiger partial charge in [-0.1, -0.05) is 54.1 Å². The third kappa shape index (κ3) is 4.03. The first-order valence-corrected chi connectivity index (χ1v) is 10.7. The second kappa shape index (κ2) is 8.74. The van der Waals surface area contributed by atoms with Crippen LogP contribution in [-0.4, -0.2) is 21.1 Å². The monoisotopic (exact) mass is 439 g/mol. The van der Waals surface area contributed by atoms with Crippen LogP contribution in [-0.2, 0) is 7.05 Å². The lowest BCUT2D eigenvalue weighted by Gasteiger charge is -2.11. The molecular weight excluding hydrogens is 414 g/mol. The first kappa shape index (κ1) is 22.0. The minimum absolute atomic E-state index is 0.181. The van der Waals surface area contributed by atoms with E-state index in [0.29, 0.717) is 22.5 Å². The molecule has 4 rings (SSSR count). The van der Waals surface area contributed by atoms with Gasteiger partial charge in [-0.2, -0.15) is 0 Å². The van der Waals surface area contributed by atoms with E-state index in [1.807, 2.05) is 62.4 Å². The SMILES string of the molecule is Cc1ccc(C)c(C(=O)c2ccccc2C(=O)Nc2c(C)n(C)n(-c3ccccc3)c2=O)c1. The lowest BCUT2D eigenvalue weighted by atomic mass is 9.94. The molecule has 0 radical (unpaired) electrons. The van der Waals surface area contributed by atoms with E-state index in [0.717, 1.165) is 11.1 Å². The highest BCUT2D eigenvalue weighted by Crippen LogP contribution is 2.21. The maximum absolute atomic E-state index is 13.3. The maximum Gasteiger partial charge on any atom is 0.295 e. The summed E-state index contributed by atoms with van der Waals surface area (Å²) in [5.74, 6) is -0.733. The Morgan fingerprint density at radius 2 is 1.42 bits per heavy atom. The zero-order chi connectivity index (χ0) is 23.7. The van der Waals surface area contributed by atoms with Gasteiger partial charge in [-0.25, -0.2) is 4.68 Å². The summed E-state index contributed by atoms with van der Waals surface area (Å²) in [4.78, 5) is 39.7. The van der Waals surface area contributed by atoms with Crippen molar-refractivity contribution in [3.63, 3.8) is 0 Å². The Labute approximate surface area is 192 Å². The second-order valence-electron chi connectivity index (χ2n) is 8.08. The van der Waals surface area contributed by atoms with Crippen LogP contribution in [0.2, 0.25) is 0 Å². The van der Waals surface area contributed by atoms with Gasteiger partial charge < -0.3 is 5.32 Å². The number of para-hydroxylation sites is 1. The molecule has 6 heteroatoms. The Hall–Kier alpha value is -4.19. The van der Waals surface area contributed by atoms with Gasteiger partial charge in [0.1, 0.15) is 5.69 Å². The van der Waals surface area contributed by atoms with Gasteiger partial charge in [0, 0.05) is 18.2 Å². The number of rotatable bonds is 5. The van der Waals surface area contributed by atoms with Crippen LogP contribution in [0.3, 0.4) is 0 Å². The van der Waals surface area contributed by atoms with Gasteiger partial charge in [0.05, 0.1) is 16.9 Å². The fourth-order valence-corrected chi connectivity index (χ4v) is 3.90. The highest BCUT2D eigenvalue weighted by molar-refractivity contribution is 6.18. The Bertz CT molecular complexity index is 1430. The average molecular weight is 440 g/mol. The van der Waals surface area contributed by atoms with Gasteiger partial charge in [0.15, 0.2) is 5.78 Å². The summed E-state index contributed by atoms with van der Waals surface area (Å²) in [6.07, 6.45) is 0. The van der Waals surface area contributed by atoms with Gasteiger partial charge in [-0.3, -0.25) is 19.1 Å². The molecule has 0 bridgehead atoms. The number of aromatic nitrogens is 2. The molecular formula is C27H25N3O3. The molecule has 0 atom stereocenters. The topological polar surface area (TPSA) is 73.1 Å². The molecule has 0 saturated heterocycles. The van der Waals surface area contributed by atoms with Gasteiger partial charge in [-0.05, 0) is 50.6 Å². The molecule has 0 aliphatic heterocycles. The predicted molar refractivity (Wildman–Crippen MR) is 129 cm³/mol. The van der Waals surface area contributed by atoms with Crippen molar-refractivity contribution in [2.24, 2.45) is 7.05 Å². The van der Waals surface area contributed by atoms with E-state index in [2.05, 4.69) is 5.32 Å². The van der Waals surface area contributed by atoms with Crippen LogP contribution in [0.5, 0.6) is 0 Å². The van der Waals surface area contributed by atoms with Crippen molar-refractivity contribution in [2.45, 2.75) is 20.8 Å². The zero-order valence-electron chi connectivity index (χ0n) is 19.0. The van der Waals surface area contributed by atoms with Crippen LogP contribution in [0.4, 0.5) is 5.69 Å². The van der Waals surface area contributed by atoms with E-state index < -0.39 is 5.91 Å². The molecule has 0 aliphatic rings. The normalized spacial score (nSPS) is 10.8. The summed E-state index contributed by atoms with van der Waals surface area (Å²) in [7, 11) is 1.76. The molecule has 0 unspecified atom stereocenters. The molecule has 0 spiro atoms. The van der Waals surface area contributed by atoms with Crippen LogP contribution in [0, 0.1) is 20.8 Å². The molecule has 0 aliphatic carbocycles. The van der Waals surface area contributed by atoms with Crippen molar-refractivity contribution in [3.05, 3.63) is 117 Å². The van der Waals surface area contributed by atoms with E-state index in [4.69, 9.17) is 0 Å². The number of amides is 1. The Kier molecular flexibility index (Phi) is 5.84. The molecule has 33 heavy (non-hydrogen) atoms. The summed E-state index contributed by atoms with van der Waals surface area (Å²) < 4.78 is 3.19.